The van der Waals surface area contributed by atoms with E-state index in [0.29, 0.717) is 25.6 Å². The number of nitrogens with one attached hydrogen (secondary N) is 2. The van der Waals surface area contributed by atoms with Gasteiger partial charge in [-0.1, -0.05) is 13.8 Å². The second-order valence-corrected chi connectivity index (χ2v) is 7.31. The van der Waals surface area contributed by atoms with Crippen molar-refractivity contribution < 1.29 is 19.1 Å². The zero-order valence-corrected chi connectivity index (χ0v) is 14.8. The first-order valence-electron chi connectivity index (χ1n) is 8.11. The fraction of sp³-hybridized carbons (Fsp3) is 0.812. The first-order chi connectivity index (χ1) is 10.6. The third kappa shape index (κ3) is 7.34. The molecule has 0 unspecified atom stereocenters. The third-order valence-corrected chi connectivity index (χ3v) is 3.26. The molecule has 1 aliphatic heterocycles. The second kappa shape index (κ2) is 8.17. The van der Waals surface area contributed by atoms with Crippen LogP contribution >= 0.6 is 0 Å². The van der Waals surface area contributed by atoms with E-state index < -0.39 is 11.7 Å². The molecule has 0 saturated carbocycles. The van der Waals surface area contributed by atoms with Crippen molar-refractivity contribution in [2.75, 3.05) is 26.2 Å². The van der Waals surface area contributed by atoms with E-state index in [-0.39, 0.29) is 30.7 Å². The molecule has 1 fully saturated rings. The highest BCUT2D eigenvalue weighted by Crippen LogP contribution is 2.19. The van der Waals surface area contributed by atoms with Crippen LogP contribution in [0, 0.1) is 11.8 Å². The molecule has 7 heteroatoms. The van der Waals surface area contributed by atoms with Crippen molar-refractivity contribution in [1.29, 1.82) is 0 Å². The molecule has 0 bridgehead atoms. The molecule has 1 heterocycles. The lowest BCUT2D eigenvalue weighted by atomic mass is 10.1. The fourth-order valence-corrected chi connectivity index (χ4v) is 2.37. The molecule has 3 amide bonds. The predicted octanol–water partition coefficient (Wildman–Crippen LogP) is 1.13. The number of likely N-dealkylation sites (tertiary alicyclic amines) is 1. The number of hydrogen-bond acceptors (Lipinski definition) is 4. The van der Waals surface area contributed by atoms with E-state index in [0.717, 1.165) is 0 Å². The van der Waals surface area contributed by atoms with E-state index in [9.17, 15) is 14.4 Å². The van der Waals surface area contributed by atoms with Crippen LogP contribution in [0.2, 0.25) is 0 Å². The molecule has 0 aromatic carbocycles. The quantitative estimate of drug-likeness (QED) is 0.716. The van der Waals surface area contributed by atoms with Gasteiger partial charge >= 0.3 is 6.09 Å². The standard InChI is InChI=1S/C16H29N3O4/c1-11(2)9-19-10-12(8-13(19)20)14(21)17-6-7-18-15(22)23-16(3,4)5/h11-12H,6-10H2,1-5H3,(H,17,21)(H,18,22)/t12-/m0/s1. The SMILES string of the molecule is CC(C)CN1C[C@@H](C(=O)NCCNC(=O)OC(C)(C)C)CC1=O. The molecule has 1 rings (SSSR count). The van der Waals surface area contributed by atoms with Crippen molar-refractivity contribution in [2.45, 2.75) is 46.6 Å². The van der Waals surface area contributed by atoms with Gasteiger partial charge in [-0.2, -0.15) is 0 Å². The van der Waals surface area contributed by atoms with Crippen LogP contribution in [0.5, 0.6) is 0 Å². The van der Waals surface area contributed by atoms with Crippen molar-refractivity contribution in [3.05, 3.63) is 0 Å². The van der Waals surface area contributed by atoms with Crippen molar-refractivity contribution in [3.8, 4) is 0 Å². The van der Waals surface area contributed by atoms with Gasteiger partial charge in [0, 0.05) is 32.6 Å². The average molecular weight is 327 g/mol. The molecule has 7 nitrogen and oxygen atoms in total. The number of ether oxygens (including phenoxy) is 1. The van der Waals surface area contributed by atoms with Gasteiger partial charge in [-0.05, 0) is 26.7 Å². The Kier molecular flexibility index (Phi) is 6.84. The molecule has 0 aromatic heterocycles. The first kappa shape index (κ1) is 19.3. The van der Waals surface area contributed by atoms with E-state index in [4.69, 9.17) is 4.74 Å². The van der Waals surface area contributed by atoms with E-state index in [1.54, 1.807) is 25.7 Å². The largest absolute Gasteiger partial charge is 0.444 e. The summed E-state index contributed by atoms with van der Waals surface area (Å²) in [5, 5.41) is 5.32. The lowest BCUT2D eigenvalue weighted by molar-refractivity contribution is -0.129. The van der Waals surface area contributed by atoms with Gasteiger partial charge < -0.3 is 20.3 Å². The molecule has 0 radical (unpaired) electrons. The topological polar surface area (TPSA) is 87.7 Å². The fourth-order valence-electron chi connectivity index (χ4n) is 2.37. The molecular formula is C16H29N3O4. The van der Waals surface area contributed by atoms with Crippen molar-refractivity contribution in [2.24, 2.45) is 11.8 Å². The molecule has 132 valence electrons. The molecule has 1 atom stereocenters. The van der Waals surface area contributed by atoms with Crippen molar-refractivity contribution >= 4 is 17.9 Å². The van der Waals surface area contributed by atoms with Crippen LogP contribution in [0.1, 0.15) is 41.0 Å². The summed E-state index contributed by atoms with van der Waals surface area (Å²) in [5.74, 6) is -0.0251. The van der Waals surface area contributed by atoms with Gasteiger partial charge in [0.15, 0.2) is 0 Å². The van der Waals surface area contributed by atoms with Crippen molar-refractivity contribution in [1.82, 2.24) is 15.5 Å². The normalized spacial score (nSPS) is 18.3. The Bertz CT molecular complexity index is 443. The van der Waals surface area contributed by atoms with Gasteiger partial charge in [-0.25, -0.2) is 4.79 Å². The lowest BCUT2D eigenvalue weighted by Gasteiger charge is -2.20. The minimum Gasteiger partial charge on any atom is -0.444 e. The molecule has 0 spiro atoms. The molecule has 0 aromatic rings. The first-order valence-corrected chi connectivity index (χ1v) is 8.11. The monoisotopic (exact) mass is 327 g/mol. The second-order valence-electron chi connectivity index (χ2n) is 7.31. The summed E-state index contributed by atoms with van der Waals surface area (Å²) < 4.78 is 5.10. The van der Waals surface area contributed by atoms with Gasteiger partial charge in [0.25, 0.3) is 0 Å². The summed E-state index contributed by atoms with van der Waals surface area (Å²) in [5.41, 5.74) is -0.544. The number of alkyl carbamates (subject to hydrolysis) is 1. The maximum absolute atomic E-state index is 12.1. The summed E-state index contributed by atoms with van der Waals surface area (Å²) >= 11 is 0. The van der Waals surface area contributed by atoms with Crippen LogP contribution in [0.25, 0.3) is 0 Å². The zero-order chi connectivity index (χ0) is 17.6. The maximum atomic E-state index is 12.1. The van der Waals surface area contributed by atoms with Gasteiger partial charge in [-0.3, -0.25) is 9.59 Å². The molecule has 1 saturated heterocycles. The third-order valence-electron chi connectivity index (χ3n) is 3.26. The molecule has 1 aliphatic rings. The number of carbonyl (C=O) groups is 3. The highest BCUT2D eigenvalue weighted by Gasteiger charge is 2.34. The van der Waals surface area contributed by atoms with Gasteiger partial charge in [0.2, 0.25) is 11.8 Å². The molecule has 0 aliphatic carbocycles. The minimum absolute atomic E-state index is 0.0331. The van der Waals surface area contributed by atoms with Crippen LogP contribution in [0.15, 0.2) is 0 Å². The van der Waals surface area contributed by atoms with E-state index in [1.807, 2.05) is 13.8 Å². The summed E-state index contributed by atoms with van der Waals surface area (Å²) in [6.45, 7) is 11.2. The van der Waals surface area contributed by atoms with Gasteiger partial charge in [-0.15, -0.1) is 0 Å². The van der Waals surface area contributed by atoms with Crippen LogP contribution in [0.4, 0.5) is 4.79 Å². The maximum Gasteiger partial charge on any atom is 0.407 e. The smallest absolute Gasteiger partial charge is 0.407 e. The number of nitrogens with zero attached hydrogens (tertiary/aromatic N) is 1. The summed E-state index contributed by atoms with van der Waals surface area (Å²) in [7, 11) is 0. The Hall–Kier alpha value is -1.79. The van der Waals surface area contributed by atoms with E-state index in [2.05, 4.69) is 10.6 Å². The van der Waals surface area contributed by atoms with Crippen LogP contribution in [-0.4, -0.2) is 54.6 Å². The Morgan fingerprint density at radius 2 is 1.87 bits per heavy atom. The predicted molar refractivity (Wildman–Crippen MR) is 86.8 cm³/mol. The van der Waals surface area contributed by atoms with Gasteiger partial charge in [0.1, 0.15) is 5.60 Å². The van der Waals surface area contributed by atoms with Crippen LogP contribution in [0.3, 0.4) is 0 Å². The highest BCUT2D eigenvalue weighted by molar-refractivity contribution is 5.89. The zero-order valence-electron chi connectivity index (χ0n) is 14.8. The van der Waals surface area contributed by atoms with E-state index >= 15 is 0 Å². The number of rotatable bonds is 6. The number of amides is 3. The lowest BCUT2D eigenvalue weighted by Crippen LogP contribution is -2.40. The highest BCUT2D eigenvalue weighted by atomic mass is 16.6. The Balaban J connectivity index is 2.25. The summed E-state index contributed by atoms with van der Waals surface area (Å²) in [6.07, 6.45) is -0.246. The van der Waals surface area contributed by atoms with Crippen molar-refractivity contribution in [3.63, 3.8) is 0 Å². The molecule has 23 heavy (non-hydrogen) atoms. The number of hydrogen-bond donors (Lipinski definition) is 2. The molecular weight excluding hydrogens is 298 g/mol. The average Bonchev–Trinajstić information content (AvgIpc) is 2.73. The van der Waals surface area contributed by atoms with Crippen LogP contribution < -0.4 is 10.6 Å². The molecule has 2 N–H and O–H groups in total. The minimum atomic E-state index is -0.544. The summed E-state index contributed by atoms with van der Waals surface area (Å²) in [6, 6.07) is 0. The summed E-state index contributed by atoms with van der Waals surface area (Å²) in [4.78, 5) is 37.1. The number of carbonyl (C=O) groups excluding carboxylic acids is 3. The van der Waals surface area contributed by atoms with Crippen LogP contribution in [-0.2, 0) is 14.3 Å². The van der Waals surface area contributed by atoms with Gasteiger partial charge in [0.05, 0.1) is 5.92 Å². The Morgan fingerprint density at radius 1 is 1.26 bits per heavy atom. The Labute approximate surface area is 138 Å². The van der Waals surface area contributed by atoms with E-state index in [1.165, 1.54) is 0 Å². The Morgan fingerprint density at radius 3 is 2.43 bits per heavy atom.